The highest BCUT2D eigenvalue weighted by molar-refractivity contribution is 5.94. The van der Waals surface area contributed by atoms with Crippen LogP contribution in [0.1, 0.15) is 37.3 Å². The maximum atomic E-state index is 12.1. The Kier molecular flexibility index (Phi) is 5.55. The number of rotatable bonds is 6. The van der Waals surface area contributed by atoms with Crippen molar-refractivity contribution in [2.75, 3.05) is 5.32 Å². The first kappa shape index (κ1) is 15.2. The van der Waals surface area contributed by atoms with Gasteiger partial charge >= 0.3 is 5.97 Å². The van der Waals surface area contributed by atoms with Crippen LogP contribution in [0.2, 0.25) is 0 Å². The molecule has 1 amide bonds. The van der Waals surface area contributed by atoms with Crippen LogP contribution in [0, 0.1) is 19.8 Å². The Bertz CT molecular complexity index is 468. The number of carboxylic acid groups (broad SMARTS) is 1. The zero-order chi connectivity index (χ0) is 14.4. The Morgan fingerprint density at radius 2 is 1.95 bits per heavy atom. The summed E-state index contributed by atoms with van der Waals surface area (Å²) >= 11 is 0. The second kappa shape index (κ2) is 6.92. The summed E-state index contributed by atoms with van der Waals surface area (Å²) in [5.41, 5.74) is 2.98. The number of hydrogen-bond acceptors (Lipinski definition) is 2. The number of carbonyl (C=O) groups is 2. The summed E-state index contributed by atoms with van der Waals surface area (Å²) in [5, 5.41) is 11.6. The quantitative estimate of drug-likeness (QED) is 0.828. The number of amides is 1. The number of carbonyl (C=O) groups excluding carboxylic acids is 1. The first-order valence-corrected chi connectivity index (χ1v) is 6.54. The van der Waals surface area contributed by atoms with Crippen LogP contribution >= 0.6 is 0 Å². The fourth-order valence-electron chi connectivity index (χ4n) is 1.95. The second-order valence-electron chi connectivity index (χ2n) is 4.87. The van der Waals surface area contributed by atoms with E-state index in [4.69, 9.17) is 5.11 Å². The van der Waals surface area contributed by atoms with Gasteiger partial charge in [0.05, 0.1) is 6.42 Å². The summed E-state index contributed by atoms with van der Waals surface area (Å²) in [7, 11) is 0. The van der Waals surface area contributed by atoms with Gasteiger partial charge in [-0.05, 0) is 43.5 Å². The van der Waals surface area contributed by atoms with Crippen molar-refractivity contribution in [3.63, 3.8) is 0 Å². The molecule has 1 unspecified atom stereocenters. The van der Waals surface area contributed by atoms with E-state index in [2.05, 4.69) is 5.32 Å². The minimum Gasteiger partial charge on any atom is -0.481 e. The largest absolute Gasteiger partial charge is 0.481 e. The van der Waals surface area contributed by atoms with Crippen molar-refractivity contribution in [3.8, 4) is 0 Å². The van der Waals surface area contributed by atoms with Gasteiger partial charge in [0.15, 0.2) is 0 Å². The lowest BCUT2D eigenvalue weighted by Crippen LogP contribution is -2.25. The zero-order valence-electron chi connectivity index (χ0n) is 11.7. The topological polar surface area (TPSA) is 66.4 Å². The summed E-state index contributed by atoms with van der Waals surface area (Å²) in [4.78, 5) is 22.8. The lowest BCUT2D eigenvalue weighted by atomic mass is 9.98. The highest BCUT2D eigenvalue weighted by atomic mass is 16.4. The third-order valence-electron chi connectivity index (χ3n) is 3.20. The lowest BCUT2D eigenvalue weighted by Gasteiger charge is -2.14. The van der Waals surface area contributed by atoms with E-state index < -0.39 is 11.9 Å². The van der Waals surface area contributed by atoms with Crippen LogP contribution in [0.5, 0.6) is 0 Å². The molecular weight excluding hydrogens is 242 g/mol. The van der Waals surface area contributed by atoms with Gasteiger partial charge in [-0.2, -0.15) is 0 Å². The number of aryl methyl sites for hydroxylation is 2. The Balaban J connectivity index is 2.74. The predicted octanol–water partition coefficient (Wildman–Crippen LogP) is 3.13. The minimum atomic E-state index is -0.936. The smallest absolute Gasteiger partial charge is 0.304 e. The number of carboxylic acids is 1. The highest BCUT2D eigenvalue weighted by Gasteiger charge is 2.20. The molecule has 2 N–H and O–H groups in total. The SMILES string of the molecule is CCCC(CC(=O)O)C(=O)Nc1ccc(C)c(C)c1. The molecule has 0 aliphatic rings. The minimum absolute atomic E-state index is 0.121. The van der Waals surface area contributed by atoms with Crippen LogP contribution in [-0.2, 0) is 9.59 Å². The van der Waals surface area contributed by atoms with Crippen molar-refractivity contribution in [2.45, 2.75) is 40.0 Å². The summed E-state index contributed by atoms with van der Waals surface area (Å²) in [6.07, 6.45) is 1.26. The van der Waals surface area contributed by atoms with Crippen LogP contribution < -0.4 is 5.32 Å². The van der Waals surface area contributed by atoms with E-state index in [1.807, 2.05) is 39.0 Å². The van der Waals surface area contributed by atoms with Gasteiger partial charge in [-0.1, -0.05) is 19.4 Å². The summed E-state index contributed by atoms with van der Waals surface area (Å²) in [5.74, 6) is -1.62. The van der Waals surface area contributed by atoms with Gasteiger partial charge in [0.2, 0.25) is 5.91 Å². The van der Waals surface area contributed by atoms with E-state index in [0.29, 0.717) is 6.42 Å². The number of aliphatic carboxylic acids is 1. The van der Waals surface area contributed by atoms with E-state index in [1.54, 1.807) is 0 Å². The molecular formula is C15H21NO3. The van der Waals surface area contributed by atoms with Crippen LogP contribution in [-0.4, -0.2) is 17.0 Å². The van der Waals surface area contributed by atoms with Crippen molar-refractivity contribution in [2.24, 2.45) is 5.92 Å². The van der Waals surface area contributed by atoms with Crippen molar-refractivity contribution in [3.05, 3.63) is 29.3 Å². The number of benzene rings is 1. The Hall–Kier alpha value is -1.84. The summed E-state index contributed by atoms with van der Waals surface area (Å²) < 4.78 is 0. The normalized spacial score (nSPS) is 11.9. The molecule has 0 radical (unpaired) electrons. The van der Waals surface area contributed by atoms with E-state index >= 15 is 0 Å². The van der Waals surface area contributed by atoms with Crippen LogP contribution in [0.15, 0.2) is 18.2 Å². The molecule has 0 aliphatic heterocycles. The number of anilines is 1. The Morgan fingerprint density at radius 1 is 1.26 bits per heavy atom. The molecule has 0 heterocycles. The maximum Gasteiger partial charge on any atom is 0.304 e. The summed E-state index contributed by atoms with van der Waals surface area (Å²) in [6, 6.07) is 5.68. The lowest BCUT2D eigenvalue weighted by molar-refractivity contribution is -0.140. The second-order valence-corrected chi connectivity index (χ2v) is 4.87. The summed E-state index contributed by atoms with van der Waals surface area (Å²) in [6.45, 7) is 5.93. The maximum absolute atomic E-state index is 12.1. The van der Waals surface area contributed by atoms with Gasteiger partial charge < -0.3 is 10.4 Å². The van der Waals surface area contributed by atoms with Gasteiger partial charge in [-0.15, -0.1) is 0 Å². The molecule has 1 rings (SSSR count). The van der Waals surface area contributed by atoms with Crippen LogP contribution in [0.3, 0.4) is 0 Å². The first-order chi connectivity index (χ1) is 8.93. The van der Waals surface area contributed by atoms with Gasteiger partial charge in [0.1, 0.15) is 0 Å². The van der Waals surface area contributed by atoms with Crippen molar-refractivity contribution >= 4 is 17.6 Å². The third kappa shape index (κ3) is 4.73. The predicted molar refractivity (Wildman–Crippen MR) is 75.2 cm³/mol. The molecule has 1 aromatic carbocycles. The molecule has 104 valence electrons. The van der Waals surface area contributed by atoms with Gasteiger partial charge in [-0.3, -0.25) is 9.59 Å². The molecule has 0 aliphatic carbocycles. The number of nitrogens with one attached hydrogen (secondary N) is 1. The average Bonchev–Trinajstić information content (AvgIpc) is 2.33. The van der Waals surface area contributed by atoms with Crippen molar-refractivity contribution < 1.29 is 14.7 Å². The Morgan fingerprint density at radius 3 is 2.47 bits per heavy atom. The molecule has 1 atom stereocenters. The molecule has 4 heteroatoms. The van der Waals surface area contributed by atoms with Gasteiger partial charge in [0.25, 0.3) is 0 Å². The fourth-order valence-corrected chi connectivity index (χ4v) is 1.95. The van der Waals surface area contributed by atoms with E-state index in [-0.39, 0.29) is 12.3 Å². The number of hydrogen-bond donors (Lipinski definition) is 2. The zero-order valence-corrected chi connectivity index (χ0v) is 11.7. The molecule has 0 bridgehead atoms. The van der Waals surface area contributed by atoms with E-state index in [1.165, 1.54) is 0 Å². The van der Waals surface area contributed by atoms with E-state index in [9.17, 15) is 9.59 Å². The van der Waals surface area contributed by atoms with Gasteiger partial charge in [-0.25, -0.2) is 0 Å². The first-order valence-electron chi connectivity index (χ1n) is 6.54. The third-order valence-corrected chi connectivity index (χ3v) is 3.20. The Labute approximate surface area is 113 Å². The monoisotopic (exact) mass is 263 g/mol. The average molecular weight is 263 g/mol. The van der Waals surface area contributed by atoms with Crippen LogP contribution in [0.25, 0.3) is 0 Å². The van der Waals surface area contributed by atoms with Crippen molar-refractivity contribution in [1.82, 2.24) is 0 Å². The molecule has 0 fully saturated rings. The molecule has 4 nitrogen and oxygen atoms in total. The van der Waals surface area contributed by atoms with E-state index in [0.717, 1.165) is 23.2 Å². The standard InChI is InChI=1S/C15H21NO3/c1-4-5-12(9-14(17)18)15(19)16-13-7-6-10(2)11(3)8-13/h6-8,12H,4-5,9H2,1-3H3,(H,16,19)(H,17,18). The molecule has 19 heavy (non-hydrogen) atoms. The van der Waals surface area contributed by atoms with Crippen molar-refractivity contribution in [1.29, 1.82) is 0 Å². The molecule has 1 aromatic rings. The molecule has 0 aromatic heterocycles. The molecule has 0 spiro atoms. The highest BCUT2D eigenvalue weighted by Crippen LogP contribution is 2.18. The fraction of sp³-hybridized carbons (Fsp3) is 0.467. The van der Waals surface area contributed by atoms with Crippen LogP contribution in [0.4, 0.5) is 5.69 Å². The molecule has 0 saturated heterocycles. The van der Waals surface area contributed by atoms with Gasteiger partial charge in [0, 0.05) is 11.6 Å². The molecule has 0 saturated carbocycles.